The second-order valence-electron chi connectivity index (χ2n) is 4.51. The molecule has 1 aromatic carbocycles. The van der Waals surface area contributed by atoms with Crippen molar-refractivity contribution in [2.24, 2.45) is 0 Å². The number of halogens is 1. The van der Waals surface area contributed by atoms with Crippen LogP contribution in [0.25, 0.3) is 0 Å². The highest BCUT2D eigenvalue weighted by Crippen LogP contribution is 2.34. The van der Waals surface area contributed by atoms with E-state index in [1.165, 1.54) is 16.2 Å². The normalized spacial score (nSPS) is 14.2. The van der Waals surface area contributed by atoms with E-state index in [2.05, 4.69) is 21.2 Å². The third-order valence-corrected chi connectivity index (χ3v) is 4.88. The van der Waals surface area contributed by atoms with E-state index in [-0.39, 0.29) is 5.78 Å². The van der Waals surface area contributed by atoms with Crippen molar-refractivity contribution in [1.29, 1.82) is 0 Å². The van der Waals surface area contributed by atoms with E-state index < -0.39 is 0 Å². The standard InChI is InChI=1S/C14H13BrN2OS/c15-9-3-1-8(2-4-9)13(18)12-10-5-6-17-7-11(10)19-14(12)16/h1-4,17H,5-7,16H2. The van der Waals surface area contributed by atoms with Crippen molar-refractivity contribution in [1.82, 2.24) is 5.32 Å². The van der Waals surface area contributed by atoms with Crippen molar-refractivity contribution in [3.8, 4) is 0 Å². The Bertz CT molecular complexity index is 634. The van der Waals surface area contributed by atoms with E-state index in [1.54, 1.807) is 0 Å². The number of carbonyl (C=O) groups is 1. The van der Waals surface area contributed by atoms with Gasteiger partial charge in [0, 0.05) is 21.5 Å². The van der Waals surface area contributed by atoms with Gasteiger partial charge in [0.2, 0.25) is 0 Å². The molecule has 0 fully saturated rings. The van der Waals surface area contributed by atoms with E-state index in [9.17, 15) is 4.79 Å². The average molecular weight is 337 g/mol. The molecular weight excluding hydrogens is 324 g/mol. The maximum Gasteiger partial charge on any atom is 0.196 e. The summed E-state index contributed by atoms with van der Waals surface area (Å²) < 4.78 is 0.966. The van der Waals surface area contributed by atoms with Gasteiger partial charge >= 0.3 is 0 Å². The Morgan fingerprint density at radius 2 is 2.05 bits per heavy atom. The minimum absolute atomic E-state index is 0.0319. The summed E-state index contributed by atoms with van der Waals surface area (Å²) in [4.78, 5) is 13.8. The zero-order valence-electron chi connectivity index (χ0n) is 10.2. The predicted molar refractivity (Wildman–Crippen MR) is 81.7 cm³/mol. The number of fused-ring (bicyclic) bond motifs is 1. The molecule has 3 N–H and O–H groups in total. The fraction of sp³-hybridized carbons (Fsp3) is 0.214. The number of hydrogen-bond acceptors (Lipinski definition) is 4. The Labute approximate surface area is 124 Å². The molecule has 1 aliphatic rings. The summed E-state index contributed by atoms with van der Waals surface area (Å²) in [6.45, 7) is 1.72. The number of ketones is 1. The fourth-order valence-corrected chi connectivity index (χ4v) is 3.70. The maximum absolute atomic E-state index is 12.6. The number of anilines is 1. The van der Waals surface area contributed by atoms with Crippen molar-refractivity contribution in [2.45, 2.75) is 13.0 Å². The van der Waals surface area contributed by atoms with Gasteiger partial charge in [0.05, 0.1) is 10.6 Å². The molecule has 1 aliphatic heterocycles. The molecule has 3 rings (SSSR count). The van der Waals surface area contributed by atoms with Crippen molar-refractivity contribution in [2.75, 3.05) is 12.3 Å². The second kappa shape index (κ2) is 5.07. The smallest absolute Gasteiger partial charge is 0.196 e. The Balaban J connectivity index is 2.04. The second-order valence-corrected chi connectivity index (χ2v) is 6.56. The van der Waals surface area contributed by atoms with Crippen LogP contribution in [0, 0.1) is 0 Å². The number of nitrogens with one attached hydrogen (secondary N) is 1. The molecule has 0 radical (unpaired) electrons. The van der Waals surface area contributed by atoms with Crippen LogP contribution < -0.4 is 11.1 Å². The summed E-state index contributed by atoms with van der Waals surface area (Å²) in [5.41, 5.74) is 8.58. The zero-order chi connectivity index (χ0) is 13.4. The number of nitrogens with two attached hydrogens (primary N) is 1. The molecule has 98 valence electrons. The van der Waals surface area contributed by atoms with Gasteiger partial charge < -0.3 is 11.1 Å². The highest BCUT2D eigenvalue weighted by atomic mass is 79.9. The minimum atomic E-state index is 0.0319. The highest BCUT2D eigenvalue weighted by Gasteiger charge is 2.24. The number of thiophene rings is 1. The Morgan fingerprint density at radius 1 is 1.32 bits per heavy atom. The van der Waals surface area contributed by atoms with Crippen LogP contribution in [0.3, 0.4) is 0 Å². The summed E-state index contributed by atoms with van der Waals surface area (Å²) in [6.07, 6.45) is 0.876. The lowest BCUT2D eigenvalue weighted by Crippen LogP contribution is -2.23. The van der Waals surface area contributed by atoms with Gasteiger partial charge in [-0.25, -0.2) is 0 Å². The van der Waals surface area contributed by atoms with E-state index in [4.69, 9.17) is 5.73 Å². The fourth-order valence-electron chi connectivity index (χ4n) is 2.35. The van der Waals surface area contributed by atoms with Gasteiger partial charge in [0.25, 0.3) is 0 Å². The molecule has 0 atom stereocenters. The van der Waals surface area contributed by atoms with Crippen LogP contribution in [0.15, 0.2) is 28.7 Å². The van der Waals surface area contributed by atoms with Gasteiger partial charge in [-0.3, -0.25) is 4.79 Å². The van der Waals surface area contributed by atoms with Crippen molar-refractivity contribution in [3.05, 3.63) is 50.3 Å². The van der Waals surface area contributed by atoms with Crippen LogP contribution in [-0.4, -0.2) is 12.3 Å². The first kappa shape index (κ1) is 12.8. The SMILES string of the molecule is Nc1sc2c(c1C(=O)c1ccc(Br)cc1)CCNC2. The van der Waals surface area contributed by atoms with Crippen LogP contribution in [0.2, 0.25) is 0 Å². The average Bonchev–Trinajstić information content (AvgIpc) is 2.74. The number of rotatable bonds is 2. The number of nitrogen functional groups attached to an aromatic ring is 1. The molecule has 0 saturated carbocycles. The first-order chi connectivity index (χ1) is 9.16. The van der Waals surface area contributed by atoms with Gasteiger partial charge in [-0.1, -0.05) is 15.9 Å². The number of hydrogen-bond donors (Lipinski definition) is 2. The topological polar surface area (TPSA) is 55.1 Å². The molecule has 0 spiro atoms. The monoisotopic (exact) mass is 336 g/mol. The summed E-state index contributed by atoms with van der Waals surface area (Å²) in [7, 11) is 0. The Morgan fingerprint density at radius 3 is 2.79 bits per heavy atom. The summed E-state index contributed by atoms with van der Waals surface area (Å²) in [5, 5.41) is 3.95. The maximum atomic E-state index is 12.6. The first-order valence-corrected chi connectivity index (χ1v) is 7.69. The third-order valence-electron chi connectivity index (χ3n) is 3.29. The lowest BCUT2D eigenvalue weighted by molar-refractivity contribution is 0.103. The molecule has 0 bridgehead atoms. The quantitative estimate of drug-likeness (QED) is 0.829. The van der Waals surface area contributed by atoms with Gasteiger partial charge in [0.15, 0.2) is 5.78 Å². The van der Waals surface area contributed by atoms with E-state index in [0.717, 1.165) is 29.5 Å². The van der Waals surface area contributed by atoms with E-state index in [0.29, 0.717) is 16.1 Å². The number of benzene rings is 1. The molecule has 0 unspecified atom stereocenters. The summed E-state index contributed by atoms with van der Waals surface area (Å²) >= 11 is 4.90. The molecule has 0 amide bonds. The Kier molecular flexibility index (Phi) is 3.43. The summed E-state index contributed by atoms with van der Waals surface area (Å²) in [6, 6.07) is 7.42. The van der Waals surface area contributed by atoms with E-state index >= 15 is 0 Å². The van der Waals surface area contributed by atoms with Crippen LogP contribution in [0.5, 0.6) is 0 Å². The number of carbonyl (C=O) groups excluding carboxylic acids is 1. The molecule has 0 aliphatic carbocycles. The molecular formula is C14H13BrN2OS. The molecule has 2 heterocycles. The van der Waals surface area contributed by atoms with E-state index in [1.807, 2.05) is 24.3 Å². The predicted octanol–water partition coefficient (Wildman–Crippen LogP) is 2.97. The molecule has 0 saturated heterocycles. The lowest BCUT2D eigenvalue weighted by Gasteiger charge is -2.13. The lowest BCUT2D eigenvalue weighted by atomic mass is 9.97. The van der Waals surface area contributed by atoms with Gasteiger partial charge in [0.1, 0.15) is 0 Å². The molecule has 19 heavy (non-hydrogen) atoms. The van der Waals surface area contributed by atoms with Crippen LogP contribution in [-0.2, 0) is 13.0 Å². The van der Waals surface area contributed by atoms with Gasteiger partial charge in [-0.2, -0.15) is 0 Å². The first-order valence-electron chi connectivity index (χ1n) is 6.08. The summed E-state index contributed by atoms with van der Waals surface area (Å²) in [5.74, 6) is 0.0319. The highest BCUT2D eigenvalue weighted by molar-refractivity contribution is 9.10. The molecule has 5 heteroatoms. The van der Waals surface area contributed by atoms with Crippen LogP contribution in [0.1, 0.15) is 26.4 Å². The van der Waals surface area contributed by atoms with Crippen molar-refractivity contribution >= 4 is 38.1 Å². The molecule has 1 aromatic heterocycles. The van der Waals surface area contributed by atoms with Crippen LogP contribution >= 0.6 is 27.3 Å². The van der Waals surface area contributed by atoms with Gasteiger partial charge in [-0.15, -0.1) is 11.3 Å². The zero-order valence-corrected chi connectivity index (χ0v) is 12.6. The van der Waals surface area contributed by atoms with Crippen molar-refractivity contribution in [3.63, 3.8) is 0 Å². The van der Waals surface area contributed by atoms with Crippen LogP contribution in [0.4, 0.5) is 5.00 Å². The molecule has 2 aromatic rings. The minimum Gasteiger partial charge on any atom is -0.390 e. The largest absolute Gasteiger partial charge is 0.390 e. The Hall–Kier alpha value is -1.17. The third kappa shape index (κ3) is 2.33. The molecule has 3 nitrogen and oxygen atoms in total. The van der Waals surface area contributed by atoms with Crippen molar-refractivity contribution < 1.29 is 4.79 Å². The van der Waals surface area contributed by atoms with Gasteiger partial charge in [-0.05, 0) is 42.8 Å².